The van der Waals surface area contributed by atoms with Crippen molar-refractivity contribution in [1.82, 2.24) is 0 Å². The molecule has 0 aromatic heterocycles. The molecule has 1 atom stereocenters. The van der Waals surface area contributed by atoms with E-state index in [4.69, 9.17) is 4.74 Å². The first kappa shape index (κ1) is 14.2. The Hall–Kier alpha value is -3.42. The van der Waals surface area contributed by atoms with Crippen molar-refractivity contribution in [3.05, 3.63) is 79.9 Å². The molecule has 24 heavy (non-hydrogen) atoms. The molecule has 2 aliphatic heterocycles. The number of hydrogen-bond acceptors (Lipinski definition) is 5. The van der Waals surface area contributed by atoms with Gasteiger partial charge in [0, 0.05) is 24.1 Å². The highest BCUT2D eigenvalue weighted by atomic mass is 16.7. The van der Waals surface area contributed by atoms with Crippen molar-refractivity contribution in [2.24, 2.45) is 0 Å². The fourth-order valence-electron chi connectivity index (χ4n) is 3.17. The average molecular weight is 325 g/mol. The summed E-state index contributed by atoms with van der Waals surface area (Å²) >= 11 is 0. The number of nitro benzene ring substituents is 1. The largest absolute Gasteiger partial charge is 0.457 e. The lowest BCUT2D eigenvalue weighted by atomic mass is 10.0. The molecule has 0 bridgehead atoms. The summed E-state index contributed by atoms with van der Waals surface area (Å²) in [7, 11) is 0. The zero-order chi connectivity index (χ0) is 16.9. The van der Waals surface area contributed by atoms with E-state index in [1.54, 1.807) is 24.3 Å². The van der Waals surface area contributed by atoms with Gasteiger partial charge in [-0.1, -0.05) is 18.2 Å². The van der Waals surface area contributed by atoms with Gasteiger partial charge in [0.15, 0.2) is 5.03 Å². The van der Waals surface area contributed by atoms with Crippen LogP contribution in [0.4, 0.5) is 11.4 Å². The molecule has 0 aliphatic carbocycles. The molecular formula is C16H11N3O5. The lowest BCUT2D eigenvalue weighted by molar-refractivity contribution is -0.511. The van der Waals surface area contributed by atoms with E-state index in [9.17, 15) is 20.2 Å². The van der Waals surface area contributed by atoms with Crippen LogP contribution in [0.1, 0.15) is 11.1 Å². The standard InChI is InChI=1S/C16H11N3O5/c20-18(21)13-5-6-15-11(9-13)7-8-16(24-15)10-12-3-1-2-4-14(12)17(16)19(22)23/h1-9H,10H2. The Morgan fingerprint density at radius 3 is 2.67 bits per heavy atom. The summed E-state index contributed by atoms with van der Waals surface area (Å²) in [6.07, 6.45) is 3.53. The van der Waals surface area contributed by atoms with Crippen LogP contribution in [0.15, 0.2) is 48.5 Å². The van der Waals surface area contributed by atoms with Crippen LogP contribution in [0.5, 0.6) is 5.75 Å². The van der Waals surface area contributed by atoms with Gasteiger partial charge in [-0.05, 0) is 34.9 Å². The number of para-hydroxylation sites is 1. The van der Waals surface area contributed by atoms with Crippen molar-refractivity contribution in [1.29, 1.82) is 0 Å². The predicted octanol–water partition coefficient (Wildman–Crippen LogP) is 2.95. The Kier molecular flexibility index (Phi) is 2.83. The van der Waals surface area contributed by atoms with Crippen molar-refractivity contribution < 1.29 is 14.7 Å². The van der Waals surface area contributed by atoms with Crippen molar-refractivity contribution >= 4 is 17.5 Å². The lowest BCUT2D eigenvalue weighted by Gasteiger charge is -2.33. The van der Waals surface area contributed by atoms with Gasteiger partial charge in [0.05, 0.1) is 4.92 Å². The first-order chi connectivity index (χ1) is 11.5. The third kappa shape index (κ3) is 1.93. The molecule has 0 fully saturated rings. The molecule has 8 nitrogen and oxygen atoms in total. The molecule has 0 saturated carbocycles. The molecule has 1 unspecified atom stereocenters. The number of nitro groups is 2. The van der Waals surface area contributed by atoms with E-state index in [0.29, 0.717) is 23.4 Å². The summed E-state index contributed by atoms with van der Waals surface area (Å²) in [5, 5.41) is 23.0. The number of benzene rings is 2. The van der Waals surface area contributed by atoms with Crippen molar-refractivity contribution in [3.63, 3.8) is 0 Å². The molecule has 4 rings (SSSR count). The Balaban J connectivity index is 1.79. The van der Waals surface area contributed by atoms with Crippen LogP contribution in [0, 0.1) is 20.2 Å². The Labute approximate surface area is 135 Å². The first-order valence-electron chi connectivity index (χ1n) is 7.19. The fourth-order valence-corrected chi connectivity index (χ4v) is 3.17. The summed E-state index contributed by atoms with van der Waals surface area (Å²) in [6.45, 7) is 0. The third-order valence-corrected chi connectivity index (χ3v) is 4.20. The molecule has 0 amide bonds. The van der Waals surface area contributed by atoms with E-state index >= 15 is 0 Å². The highest BCUT2D eigenvalue weighted by Crippen LogP contribution is 2.44. The van der Waals surface area contributed by atoms with Crippen LogP contribution in [-0.4, -0.2) is 15.7 Å². The first-order valence-corrected chi connectivity index (χ1v) is 7.19. The van der Waals surface area contributed by atoms with Crippen LogP contribution in [0.3, 0.4) is 0 Å². The quantitative estimate of drug-likeness (QED) is 0.622. The van der Waals surface area contributed by atoms with Gasteiger partial charge < -0.3 is 4.74 Å². The molecule has 2 heterocycles. The van der Waals surface area contributed by atoms with Gasteiger partial charge >= 0.3 is 0 Å². The topological polar surface area (TPSA) is 98.8 Å². The molecule has 0 radical (unpaired) electrons. The average Bonchev–Trinajstić information content (AvgIpc) is 2.87. The number of non-ortho nitro benzene ring substituents is 1. The van der Waals surface area contributed by atoms with Crippen molar-refractivity contribution in [3.8, 4) is 5.75 Å². The van der Waals surface area contributed by atoms with E-state index < -0.39 is 15.7 Å². The highest BCUT2D eigenvalue weighted by Gasteiger charge is 2.53. The van der Waals surface area contributed by atoms with Crippen LogP contribution >= 0.6 is 0 Å². The SMILES string of the molecule is O=[N+]([O-])c1ccc2c(c1)C=CC1(Cc3ccccc3N1[N+](=O)[O-])O2. The second kappa shape index (κ2) is 4.79. The van der Waals surface area contributed by atoms with Gasteiger partial charge in [-0.25, -0.2) is 10.1 Å². The fraction of sp³-hybridized carbons (Fsp3) is 0.125. The number of anilines is 1. The predicted molar refractivity (Wildman–Crippen MR) is 85.1 cm³/mol. The number of hydrogen-bond donors (Lipinski definition) is 0. The summed E-state index contributed by atoms with van der Waals surface area (Å²) in [4.78, 5) is 22.0. The second-order valence-corrected chi connectivity index (χ2v) is 5.61. The Bertz CT molecular complexity index is 910. The second-order valence-electron chi connectivity index (χ2n) is 5.61. The van der Waals surface area contributed by atoms with E-state index in [0.717, 1.165) is 10.6 Å². The normalized spacial score (nSPS) is 20.4. The van der Waals surface area contributed by atoms with E-state index in [1.807, 2.05) is 12.1 Å². The zero-order valence-corrected chi connectivity index (χ0v) is 12.3. The van der Waals surface area contributed by atoms with Gasteiger partial charge in [0.2, 0.25) is 0 Å². The number of fused-ring (bicyclic) bond motifs is 2. The smallest absolute Gasteiger partial charge is 0.270 e. The minimum atomic E-state index is -1.27. The van der Waals surface area contributed by atoms with Crippen LogP contribution in [0.25, 0.3) is 6.08 Å². The number of hydrazine groups is 1. The molecule has 1 spiro atoms. The van der Waals surface area contributed by atoms with E-state index in [-0.39, 0.29) is 5.69 Å². The van der Waals surface area contributed by atoms with Crippen LogP contribution < -0.4 is 9.75 Å². The Morgan fingerprint density at radius 1 is 1.12 bits per heavy atom. The van der Waals surface area contributed by atoms with Crippen LogP contribution in [0.2, 0.25) is 0 Å². The third-order valence-electron chi connectivity index (χ3n) is 4.20. The summed E-state index contributed by atoms with van der Waals surface area (Å²) in [6, 6.07) is 11.2. The minimum absolute atomic E-state index is 0.0567. The van der Waals surface area contributed by atoms with Gasteiger partial charge in [-0.2, -0.15) is 0 Å². The number of ether oxygens (including phenoxy) is 1. The zero-order valence-electron chi connectivity index (χ0n) is 12.3. The van der Waals surface area contributed by atoms with Gasteiger partial charge in [0.25, 0.3) is 11.4 Å². The maximum atomic E-state index is 11.6. The summed E-state index contributed by atoms with van der Waals surface area (Å²) in [5.74, 6) is 0.378. The molecule has 120 valence electrons. The molecule has 0 N–H and O–H groups in total. The minimum Gasteiger partial charge on any atom is -0.457 e. The van der Waals surface area contributed by atoms with Gasteiger partial charge in [0.1, 0.15) is 11.4 Å². The molecule has 8 heteroatoms. The lowest BCUT2D eigenvalue weighted by Crippen LogP contribution is -2.53. The molecule has 2 aromatic rings. The van der Waals surface area contributed by atoms with Crippen molar-refractivity contribution in [2.45, 2.75) is 12.1 Å². The van der Waals surface area contributed by atoms with E-state index in [1.165, 1.54) is 18.2 Å². The molecule has 2 aromatic carbocycles. The van der Waals surface area contributed by atoms with Gasteiger partial charge in [-0.3, -0.25) is 10.1 Å². The maximum absolute atomic E-state index is 11.6. The molecule has 2 aliphatic rings. The Morgan fingerprint density at radius 2 is 1.92 bits per heavy atom. The number of rotatable bonds is 2. The summed E-state index contributed by atoms with van der Waals surface area (Å²) < 4.78 is 5.95. The monoisotopic (exact) mass is 325 g/mol. The summed E-state index contributed by atoms with van der Waals surface area (Å²) in [5.41, 5.74) is 0.491. The van der Waals surface area contributed by atoms with E-state index in [2.05, 4.69) is 0 Å². The van der Waals surface area contributed by atoms with Crippen LogP contribution in [-0.2, 0) is 6.42 Å². The highest BCUT2D eigenvalue weighted by molar-refractivity contribution is 5.68. The van der Waals surface area contributed by atoms with Crippen molar-refractivity contribution in [2.75, 3.05) is 5.01 Å². The number of nitrogens with zero attached hydrogens (tertiary/aromatic N) is 3. The molecular weight excluding hydrogens is 314 g/mol. The van der Waals surface area contributed by atoms with Gasteiger partial charge in [-0.15, -0.1) is 0 Å². The molecule has 0 saturated heterocycles. The maximum Gasteiger partial charge on any atom is 0.270 e.